The van der Waals surface area contributed by atoms with Gasteiger partial charge in [0.2, 0.25) is 0 Å². The molecule has 3 rings (SSSR count). The number of aromatic carboxylic acids is 1. The third kappa shape index (κ3) is 3.70. The number of likely N-dealkylation sites (N-methyl/N-ethyl adjacent to an activating group) is 1. The lowest BCUT2D eigenvalue weighted by atomic mass is 9.97. The Morgan fingerprint density at radius 3 is 2.50 bits per heavy atom. The number of carboxylic acids is 1. The number of hydrogen-bond acceptors (Lipinski definition) is 5. The molecule has 1 fully saturated rings. The molecule has 0 amide bonds. The van der Waals surface area contributed by atoms with Crippen molar-refractivity contribution in [2.75, 3.05) is 25.1 Å². The minimum Gasteiger partial charge on any atom is -0.507 e. The van der Waals surface area contributed by atoms with Crippen molar-refractivity contribution in [2.24, 2.45) is 0 Å². The predicted octanol–water partition coefficient (Wildman–Crippen LogP) is 2.94. The second-order valence-corrected chi connectivity index (χ2v) is 6.40. The average Bonchev–Trinajstić information content (AvgIpc) is 3.14. The Morgan fingerprint density at radius 1 is 1.15 bits per heavy atom. The first kappa shape index (κ1) is 17.9. The largest absolute Gasteiger partial charge is 0.507 e. The summed E-state index contributed by atoms with van der Waals surface area (Å²) in [5.41, 5.74) is 0.807. The quantitative estimate of drug-likeness (QED) is 0.775. The van der Waals surface area contributed by atoms with Crippen LogP contribution in [0.15, 0.2) is 42.5 Å². The number of nitrogens with zero attached hydrogens (tertiary/aromatic N) is 1. The van der Waals surface area contributed by atoms with Crippen LogP contribution in [-0.2, 0) is 4.74 Å². The molecule has 2 aromatic rings. The molecular weight excluding hydrogens is 334 g/mol. The van der Waals surface area contributed by atoms with E-state index in [1.807, 2.05) is 11.9 Å². The van der Waals surface area contributed by atoms with E-state index >= 15 is 0 Å². The van der Waals surface area contributed by atoms with E-state index in [2.05, 4.69) is 0 Å². The Hall–Kier alpha value is -2.86. The monoisotopic (exact) mass is 355 g/mol. The molecule has 0 spiro atoms. The molecule has 0 radical (unpaired) electrons. The summed E-state index contributed by atoms with van der Waals surface area (Å²) in [6.45, 7) is 1.48. The van der Waals surface area contributed by atoms with E-state index in [1.165, 1.54) is 24.3 Å². The van der Waals surface area contributed by atoms with E-state index in [-0.39, 0.29) is 28.5 Å². The molecule has 0 aromatic heterocycles. The van der Waals surface area contributed by atoms with Gasteiger partial charge in [-0.05, 0) is 31.0 Å². The van der Waals surface area contributed by atoms with E-state index in [1.54, 1.807) is 18.2 Å². The normalized spacial score (nSPS) is 16.4. The molecule has 0 saturated carbocycles. The van der Waals surface area contributed by atoms with E-state index in [9.17, 15) is 19.8 Å². The van der Waals surface area contributed by atoms with Crippen LogP contribution in [-0.4, -0.2) is 48.3 Å². The van der Waals surface area contributed by atoms with E-state index in [4.69, 9.17) is 4.74 Å². The van der Waals surface area contributed by atoms with Crippen molar-refractivity contribution in [3.05, 3.63) is 59.2 Å². The number of hydrogen-bond donors (Lipinski definition) is 2. The van der Waals surface area contributed by atoms with Gasteiger partial charge >= 0.3 is 5.97 Å². The van der Waals surface area contributed by atoms with Gasteiger partial charge in [0.15, 0.2) is 5.78 Å². The van der Waals surface area contributed by atoms with Crippen LogP contribution >= 0.6 is 0 Å². The Bertz CT molecular complexity index is 827. The highest BCUT2D eigenvalue weighted by Crippen LogP contribution is 2.28. The standard InChI is InChI=1S/C20H21NO5/c1-21(12-14-5-4-10-26-14)13-8-9-17(18(22)11-13)19(23)15-6-2-3-7-16(15)20(24)25/h2-3,6-9,11,14,22H,4-5,10,12H2,1H3,(H,24,25). The fraction of sp³-hybridized carbons (Fsp3) is 0.300. The number of carbonyl (C=O) groups excluding carboxylic acids is 1. The maximum atomic E-state index is 12.7. The van der Waals surface area contributed by atoms with Gasteiger partial charge in [-0.15, -0.1) is 0 Å². The van der Waals surface area contributed by atoms with Crippen LogP contribution in [0.4, 0.5) is 5.69 Å². The Balaban J connectivity index is 1.83. The van der Waals surface area contributed by atoms with Crippen molar-refractivity contribution >= 4 is 17.4 Å². The summed E-state index contributed by atoms with van der Waals surface area (Å²) in [6, 6.07) is 10.8. The number of phenols is 1. The lowest BCUT2D eigenvalue weighted by Crippen LogP contribution is -2.28. The predicted molar refractivity (Wildman–Crippen MR) is 97.2 cm³/mol. The van der Waals surface area contributed by atoms with Crippen LogP contribution in [0.3, 0.4) is 0 Å². The molecule has 2 aromatic carbocycles. The van der Waals surface area contributed by atoms with Crippen LogP contribution in [0.5, 0.6) is 5.75 Å². The molecule has 26 heavy (non-hydrogen) atoms. The number of benzene rings is 2. The molecule has 1 unspecified atom stereocenters. The number of anilines is 1. The summed E-state index contributed by atoms with van der Waals surface area (Å²) in [7, 11) is 1.90. The molecule has 0 bridgehead atoms. The van der Waals surface area contributed by atoms with Gasteiger partial charge in [0, 0.05) is 37.5 Å². The molecule has 1 aliphatic heterocycles. The molecule has 2 N–H and O–H groups in total. The topological polar surface area (TPSA) is 87.1 Å². The zero-order valence-electron chi connectivity index (χ0n) is 14.5. The molecule has 6 heteroatoms. The molecular formula is C20H21NO5. The summed E-state index contributed by atoms with van der Waals surface area (Å²) in [5.74, 6) is -1.87. The number of aromatic hydroxyl groups is 1. The van der Waals surface area contributed by atoms with Crippen molar-refractivity contribution < 1.29 is 24.5 Å². The maximum absolute atomic E-state index is 12.7. The van der Waals surface area contributed by atoms with Gasteiger partial charge in [0.25, 0.3) is 0 Å². The fourth-order valence-corrected chi connectivity index (χ4v) is 3.16. The van der Waals surface area contributed by atoms with Gasteiger partial charge in [0.05, 0.1) is 17.2 Å². The van der Waals surface area contributed by atoms with Crippen LogP contribution < -0.4 is 4.90 Å². The minimum absolute atomic E-state index is 0.0516. The van der Waals surface area contributed by atoms with Crippen LogP contribution in [0.25, 0.3) is 0 Å². The number of phenolic OH excluding ortho intramolecular Hbond substituents is 1. The molecule has 6 nitrogen and oxygen atoms in total. The van der Waals surface area contributed by atoms with Crippen molar-refractivity contribution in [3.8, 4) is 5.75 Å². The van der Waals surface area contributed by atoms with Gasteiger partial charge in [-0.2, -0.15) is 0 Å². The van der Waals surface area contributed by atoms with Gasteiger partial charge in [-0.1, -0.05) is 18.2 Å². The van der Waals surface area contributed by atoms with Crippen LogP contribution in [0, 0.1) is 0 Å². The van der Waals surface area contributed by atoms with Gasteiger partial charge < -0.3 is 19.8 Å². The van der Waals surface area contributed by atoms with Crippen LogP contribution in [0.1, 0.15) is 39.1 Å². The SMILES string of the molecule is CN(CC1CCCO1)c1ccc(C(=O)c2ccccc2C(=O)O)c(O)c1. The number of carbonyl (C=O) groups is 2. The average molecular weight is 355 g/mol. The smallest absolute Gasteiger partial charge is 0.336 e. The first-order chi connectivity index (χ1) is 12.5. The highest BCUT2D eigenvalue weighted by Gasteiger charge is 2.22. The number of ether oxygens (including phenoxy) is 1. The first-order valence-corrected chi connectivity index (χ1v) is 8.50. The maximum Gasteiger partial charge on any atom is 0.336 e. The van der Waals surface area contributed by atoms with Gasteiger partial charge in [-0.25, -0.2) is 4.79 Å². The summed E-state index contributed by atoms with van der Waals surface area (Å²) >= 11 is 0. The Morgan fingerprint density at radius 2 is 1.88 bits per heavy atom. The summed E-state index contributed by atoms with van der Waals surface area (Å²) < 4.78 is 5.62. The van der Waals surface area contributed by atoms with Crippen molar-refractivity contribution in [1.29, 1.82) is 0 Å². The molecule has 1 aliphatic rings. The molecule has 1 atom stereocenters. The van der Waals surface area contributed by atoms with Crippen molar-refractivity contribution in [2.45, 2.75) is 18.9 Å². The van der Waals surface area contributed by atoms with Gasteiger partial charge in [-0.3, -0.25) is 4.79 Å². The minimum atomic E-state index is -1.18. The van der Waals surface area contributed by atoms with Crippen LogP contribution in [0.2, 0.25) is 0 Å². The van der Waals surface area contributed by atoms with E-state index in [0.717, 1.165) is 25.1 Å². The summed E-state index contributed by atoms with van der Waals surface area (Å²) in [5, 5.41) is 19.6. The second kappa shape index (κ2) is 7.58. The zero-order chi connectivity index (χ0) is 18.7. The molecule has 136 valence electrons. The fourth-order valence-electron chi connectivity index (χ4n) is 3.16. The third-order valence-corrected chi connectivity index (χ3v) is 4.57. The van der Waals surface area contributed by atoms with E-state index < -0.39 is 11.8 Å². The second-order valence-electron chi connectivity index (χ2n) is 6.40. The van der Waals surface area contributed by atoms with E-state index in [0.29, 0.717) is 6.54 Å². The number of rotatable bonds is 6. The highest BCUT2D eigenvalue weighted by atomic mass is 16.5. The Kier molecular flexibility index (Phi) is 5.23. The summed E-state index contributed by atoms with van der Waals surface area (Å²) in [6.07, 6.45) is 2.24. The zero-order valence-corrected chi connectivity index (χ0v) is 14.5. The van der Waals surface area contributed by atoms with Gasteiger partial charge in [0.1, 0.15) is 5.75 Å². The third-order valence-electron chi connectivity index (χ3n) is 4.57. The number of carboxylic acid groups (broad SMARTS) is 1. The summed E-state index contributed by atoms with van der Waals surface area (Å²) in [4.78, 5) is 26.0. The van der Waals surface area contributed by atoms with Crippen molar-refractivity contribution in [3.63, 3.8) is 0 Å². The first-order valence-electron chi connectivity index (χ1n) is 8.50. The Labute approximate surface area is 151 Å². The molecule has 1 saturated heterocycles. The number of ketones is 1. The lowest BCUT2D eigenvalue weighted by Gasteiger charge is -2.23. The van der Waals surface area contributed by atoms with Crippen molar-refractivity contribution in [1.82, 2.24) is 0 Å². The highest BCUT2D eigenvalue weighted by molar-refractivity contribution is 6.15. The molecule has 0 aliphatic carbocycles. The lowest BCUT2D eigenvalue weighted by molar-refractivity contribution is 0.0692. The molecule has 1 heterocycles.